The van der Waals surface area contributed by atoms with E-state index in [1.165, 1.54) is 0 Å². The standard InChI is InChI=1S/C11H12N4O/c12-8-15-6-4-9(7-15)11(16)14-10-3-1-2-5-13-10/h1-3,5,9H,4,6-7H2,(H,13,14,16). The largest absolute Gasteiger partial charge is 0.310 e. The molecule has 1 aliphatic heterocycles. The fourth-order valence-corrected chi connectivity index (χ4v) is 1.73. The van der Waals surface area contributed by atoms with Crippen LogP contribution < -0.4 is 5.32 Å². The van der Waals surface area contributed by atoms with Crippen molar-refractivity contribution in [3.63, 3.8) is 0 Å². The molecule has 1 aromatic heterocycles. The van der Waals surface area contributed by atoms with Crippen LogP contribution in [0.1, 0.15) is 6.42 Å². The lowest BCUT2D eigenvalue weighted by Gasteiger charge is -2.09. The van der Waals surface area contributed by atoms with Crippen LogP contribution in [0.15, 0.2) is 24.4 Å². The van der Waals surface area contributed by atoms with Gasteiger partial charge in [0.15, 0.2) is 6.19 Å². The number of aromatic nitrogens is 1. The maximum absolute atomic E-state index is 11.8. The topological polar surface area (TPSA) is 69.0 Å². The first-order valence-electron chi connectivity index (χ1n) is 5.16. The first-order valence-corrected chi connectivity index (χ1v) is 5.16. The molecule has 1 aliphatic rings. The SMILES string of the molecule is N#CN1CCC(C(=O)Nc2ccccn2)C1. The molecule has 0 spiro atoms. The molecule has 16 heavy (non-hydrogen) atoms. The lowest BCUT2D eigenvalue weighted by atomic mass is 10.1. The normalized spacial score (nSPS) is 19.2. The fraction of sp³-hybridized carbons (Fsp3) is 0.364. The van der Waals surface area contributed by atoms with Crippen LogP contribution in [0.25, 0.3) is 0 Å². The zero-order chi connectivity index (χ0) is 11.4. The summed E-state index contributed by atoms with van der Waals surface area (Å²) in [4.78, 5) is 17.4. The molecule has 2 rings (SSSR count). The number of pyridine rings is 1. The molecule has 5 heteroatoms. The number of carbonyl (C=O) groups is 1. The molecule has 1 atom stereocenters. The molecule has 1 aromatic rings. The summed E-state index contributed by atoms with van der Waals surface area (Å²) in [5.41, 5.74) is 0. The number of nitriles is 1. The number of hydrogen-bond donors (Lipinski definition) is 1. The van der Waals surface area contributed by atoms with Crippen LogP contribution in [0.5, 0.6) is 0 Å². The van der Waals surface area contributed by atoms with Crippen LogP contribution in [-0.2, 0) is 4.79 Å². The van der Waals surface area contributed by atoms with Gasteiger partial charge in [-0.15, -0.1) is 0 Å². The van der Waals surface area contributed by atoms with Gasteiger partial charge in [-0.05, 0) is 18.6 Å². The van der Waals surface area contributed by atoms with Crippen molar-refractivity contribution in [2.75, 3.05) is 18.4 Å². The molecule has 5 nitrogen and oxygen atoms in total. The van der Waals surface area contributed by atoms with Crippen molar-refractivity contribution in [1.82, 2.24) is 9.88 Å². The van der Waals surface area contributed by atoms with Crippen molar-refractivity contribution >= 4 is 11.7 Å². The minimum atomic E-state index is -0.110. The first kappa shape index (κ1) is 10.4. The van der Waals surface area contributed by atoms with Crippen molar-refractivity contribution in [3.05, 3.63) is 24.4 Å². The Hall–Kier alpha value is -2.09. The number of rotatable bonds is 2. The lowest BCUT2D eigenvalue weighted by Crippen LogP contribution is -2.25. The van der Waals surface area contributed by atoms with Crippen LogP contribution in [0.2, 0.25) is 0 Å². The molecule has 1 N–H and O–H groups in total. The predicted molar refractivity (Wildman–Crippen MR) is 58.2 cm³/mol. The third-order valence-corrected chi connectivity index (χ3v) is 2.62. The number of nitrogens with zero attached hydrogens (tertiary/aromatic N) is 3. The van der Waals surface area contributed by atoms with Crippen LogP contribution in [0.4, 0.5) is 5.82 Å². The van der Waals surface area contributed by atoms with Crippen LogP contribution in [-0.4, -0.2) is 28.9 Å². The molecule has 82 valence electrons. The summed E-state index contributed by atoms with van der Waals surface area (Å²) in [7, 11) is 0. The van der Waals surface area contributed by atoms with Crippen molar-refractivity contribution in [3.8, 4) is 6.19 Å². The van der Waals surface area contributed by atoms with E-state index < -0.39 is 0 Å². The summed E-state index contributed by atoms with van der Waals surface area (Å²) in [5, 5.41) is 11.4. The zero-order valence-corrected chi connectivity index (χ0v) is 8.76. The van der Waals surface area contributed by atoms with E-state index in [0.717, 1.165) is 6.42 Å². The summed E-state index contributed by atoms with van der Waals surface area (Å²) in [5.74, 6) is 0.390. The Labute approximate surface area is 93.7 Å². The monoisotopic (exact) mass is 216 g/mol. The Balaban J connectivity index is 1.93. The predicted octanol–water partition coefficient (Wildman–Crippen LogP) is 0.823. The van der Waals surface area contributed by atoms with E-state index in [1.807, 2.05) is 6.07 Å². The second-order valence-corrected chi connectivity index (χ2v) is 3.74. The van der Waals surface area contributed by atoms with Gasteiger partial charge in [0.05, 0.1) is 5.92 Å². The average Bonchev–Trinajstić information content (AvgIpc) is 2.79. The lowest BCUT2D eigenvalue weighted by molar-refractivity contribution is -0.119. The van der Waals surface area contributed by atoms with Gasteiger partial charge in [0.1, 0.15) is 5.82 Å². The minimum Gasteiger partial charge on any atom is -0.310 e. The van der Waals surface area contributed by atoms with Gasteiger partial charge in [0.25, 0.3) is 0 Å². The molecule has 1 saturated heterocycles. The van der Waals surface area contributed by atoms with E-state index in [9.17, 15) is 4.79 Å². The summed E-state index contributed by atoms with van der Waals surface area (Å²) >= 11 is 0. The third kappa shape index (κ3) is 2.28. The minimum absolute atomic E-state index is 0.0588. The van der Waals surface area contributed by atoms with Gasteiger partial charge in [-0.25, -0.2) is 4.98 Å². The molecule has 1 unspecified atom stereocenters. The van der Waals surface area contributed by atoms with Crippen molar-refractivity contribution in [1.29, 1.82) is 5.26 Å². The van der Waals surface area contributed by atoms with E-state index in [4.69, 9.17) is 5.26 Å². The molecule has 1 fully saturated rings. The summed E-state index contributed by atoms with van der Waals surface area (Å²) < 4.78 is 0. The van der Waals surface area contributed by atoms with Crippen molar-refractivity contribution in [2.45, 2.75) is 6.42 Å². The Morgan fingerprint density at radius 2 is 2.50 bits per heavy atom. The highest BCUT2D eigenvalue weighted by Crippen LogP contribution is 2.16. The summed E-state index contributed by atoms with van der Waals surface area (Å²) in [6.45, 7) is 1.17. The smallest absolute Gasteiger partial charge is 0.230 e. The van der Waals surface area contributed by atoms with Gasteiger partial charge in [-0.3, -0.25) is 4.79 Å². The van der Waals surface area contributed by atoms with E-state index in [0.29, 0.717) is 18.9 Å². The third-order valence-electron chi connectivity index (χ3n) is 2.62. The molecular formula is C11H12N4O. The molecule has 2 heterocycles. The van der Waals surface area contributed by atoms with Crippen LogP contribution in [0.3, 0.4) is 0 Å². The van der Waals surface area contributed by atoms with Gasteiger partial charge < -0.3 is 10.2 Å². The molecule has 1 amide bonds. The summed E-state index contributed by atoms with van der Waals surface area (Å²) in [6.07, 6.45) is 4.41. The van der Waals surface area contributed by atoms with Crippen LogP contribution in [0, 0.1) is 17.4 Å². The molecule has 0 radical (unpaired) electrons. The fourth-order valence-electron chi connectivity index (χ4n) is 1.73. The van der Waals surface area contributed by atoms with E-state index >= 15 is 0 Å². The molecule has 0 bridgehead atoms. The first-order chi connectivity index (χ1) is 7.79. The van der Waals surface area contributed by atoms with E-state index in [-0.39, 0.29) is 11.8 Å². The van der Waals surface area contributed by atoms with Gasteiger partial charge in [-0.2, -0.15) is 5.26 Å². The number of amides is 1. The number of likely N-dealkylation sites (tertiary alicyclic amines) is 1. The van der Waals surface area contributed by atoms with Crippen molar-refractivity contribution < 1.29 is 4.79 Å². The number of hydrogen-bond acceptors (Lipinski definition) is 4. The highest BCUT2D eigenvalue weighted by Gasteiger charge is 2.27. The van der Waals surface area contributed by atoms with Crippen LogP contribution >= 0.6 is 0 Å². The second-order valence-electron chi connectivity index (χ2n) is 3.74. The molecular weight excluding hydrogens is 204 g/mol. The van der Waals surface area contributed by atoms with E-state index in [2.05, 4.69) is 16.5 Å². The van der Waals surface area contributed by atoms with Gasteiger partial charge in [0, 0.05) is 19.3 Å². The Bertz CT molecular complexity index is 412. The Kier molecular flexibility index (Phi) is 3.01. The highest BCUT2D eigenvalue weighted by molar-refractivity contribution is 5.92. The van der Waals surface area contributed by atoms with Gasteiger partial charge >= 0.3 is 0 Å². The quantitative estimate of drug-likeness (QED) is 0.743. The van der Waals surface area contributed by atoms with Gasteiger partial charge in [-0.1, -0.05) is 6.07 Å². The maximum atomic E-state index is 11.8. The maximum Gasteiger partial charge on any atom is 0.230 e. The molecule has 0 saturated carbocycles. The zero-order valence-electron chi connectivity index (χ0n) is 8.76. The Morgan fingerprint density at radius 3 is 3.12 bits per heavy atom. The average molecular weight is 216 g/mol. The number of carbonyl (C=O) groups excluding carboxylic acids is 1. The molecule has 0 aliphatic carbocycles. The second kappa shape index (κ2) is 4.62. The van der Waals surface area contributed by atoms with E-state index in [1.54, 1.807) is 23.2 Å². The van der Waals surface area contributed by atoms with Crippen molar-refractivity contribution in [2.24, 2.45) is 5.92 Å². The Morgan fingerprint density at radius 1 is 1.62 bits per heavy atom. The highest BCUT2D eigenvalue weighted by atomic mass is 16.2. The van der Waals surface area contributed by atoms with Gasteiger partial charge in [0.2, 0.25) is 5.91 Å². The molecule has 0 aromatic carbocycles. The number of nitrogens with one attached hydrogen (secondary N) is 1. The number of anilines is 1. The summed E-state index contributed by atoms with van der Waals surface area (Å²) in [6, 6.07) is 5.36.